The maximum atomic E-state index is 12.2. The molecule has 1 fully saturated rings. The van der Waals surface area contributed by atoms with Crippen LogP contribution in [0.1, 0.15) is 71.6 Å². The van der Waals surface area contributed by atoms with Crippen molar-refractivity contribution in [3.05, 3.63) is 0 Å². The van der Waals surface area contributed by atoms with Gasteiger partial charge in [-0.3, -0.25) is 9.59 Å². The molecule has 18 heavy (non-hydrogen) atoms. The summed E-state index contributed by atoms with van der Waals surface area (Å²) in [4.78, 5) is 24.3. The van der Waals surface area contributed by atoms with Gasteiger partial charge in [0, 0.05) is 6.42 Å². The van der Waals surface area contributed by atoms with Gasteiger partial charge in [-0.1, -0.05) is 39.0 Å². The van der Waals surface area contributed by atoms with Crippen LogP contribution in [0, 0.1) is 5.41 Å². The number of hydrogen-bond donors (Lipinski definition) is 0. The number of carbonyl (C=O) groups is 2. The lowest BCUT2D eigenvalue weighted by Crippen LogP contribution is -2.43. The number of rotatable bonds is 7. The summed E-state index contributed by atoms with van der Waals surface area (Å²) in [5, 5.41) is 0. The van der Waals surface area contributed by atoms with Gasteiger partial charge in [0.05, 0.1) is 6.61 Å². The van der Waals surface area contributed by atoms with Crippen LogP contribution in [0.3, 0.4) is 0 Å². The highest BCUT2D eigenvalue weighted by molar-refractivity contribution is 6.04. The molecule has 1 unspecified atom stereocenters. The van der Waals surface area contributed by atoms with Gasteiger partial charge in [-0.15, -0.1) is 0 Å². The standard InChI is InChI=1S/C15H26O3/c1-3-5-6-8-11-15(14(17)18-4-2)12-9-7-10-13(15)16/h3-12H2,1-2H3. The van der Waals surface area contributed by atoms with Crippen molar-refractivity contribution in [2.24, 2.45) is 5.41 Å². The van der Waals surface area contributed by atoms with E-state index in [2.05, 4.69) is 6.92 Å². The van der Waals surface area contributed by atoms with Gasteiger partial charge in [0.2, 0.25) is 0 Å². The lowest BCUT2D eigenvalue weighted by Gasteiger charge is -2.33. The number of ether oxygens (including phenoxy) is 1. The molecule has 1 saturated carbocycles. The first-order chi connectivity index (χ1) is 8.67. The number of Topliss-reactive ketones (excluding diaryl/α,β-unsaturated/α-hetero) is 1. The van der Waals surface area contributed by atoms with E-state index in [1.807, 2.05) is 0 Å². The van der Waals surface area contributed by atoms with E-state index in [9.17, 15) is 9.59 Å². The molecule has 1 rings (SSSR count). The fourth-order valence-electron chi connectivity index (χ4n) is 2.80. The Morgan fingerprint density at radius 2 is 2.00 bits per heavy atom. The molecule has 3 heteroatoms. The Labute approximate surface area is 110 Å². The lowest BCUT2D eigenvalue weighted by molar-refractivity contribution is -0.163. The molecule has 0 radical (unpaired) electrons. The molecule has 0 aromatic rings. The Balaban J connectivity index is 2.67. The van der Waals surface area contributed by atoms with Crippen LogP contribution in [-0.2, 0) is 14.3 Å². The Kier molecular flexibility index (Phi) is 6.37. The monoisotopic (exact) mass is 254 g/mol. The van der Waals surface area contributed by atoms with E-state index in [1.165, 1.54) is 12.8 Å². The molecule has 104 valence electrons. The third-order valence-corrected chi connectivity index (χ3v) is 3.91. The van der Waals surface area contributed by atoms with Crippen LogP contribution in [0.15, 0.2) is 0 Å². The van der Waals surface area contributed by atoms with Gasteiger partial charge in [-0.25, -0.2) is 0 Å². The SMILES string of the molecule is CCCCCCC1(C(=O)OCC)CCCCC1=O. The quantitative estimate of drug-likeness (QED) is 0.395. The second kappa shape index (κ2) is 7.55. The van der Waals surface area contributed by atoms with Crippen LogP contribution < -0.4 is 0 Å². The summed E-state index contributed by atoms with van der Waals surface area (Å²) in [6.07, 6.45) is 8.22. The van der Waals surface area contributed by atoms with Crippen LogP contribution in [0.5, 0.6) is 0 Å². The molecule has 1 atom stereocenters. The molecule has 0 amide bonds. The second-order valence-corrected chi connectivity index (χ2v) is 5.24. The Morgan fingerprint density at radius 3 is 2.61 bits per heavy atom. The third-order valence-electron chi connectivity index (χ3n) is 3.91. The smallest absolute Gasteiger partial charge is 0.319 e. The van der Waals surface area contributed by atoms with E-state index in [-0.39, 0.29) is 11.8 Å². The maximum Gasteiger partial charge on any atom is 0.319 e. The Morgan fingerprint density at radius 1 is 1.22 bits per heavy atom. The van der Waals surface area contributed by atoms with Crippen molar-refractivity contribution in [2.45, 2.75) is 71.6 Å². The molecule has 0 aliphatic heterocycles. The van der Waals surface area contributed by atoms with Crippen molar-refractivity contribution < 1.29 is 14.3 Å². The highest BCUT2D eigenvalue weighted by Gasteiger charge is 2.47. The summed E-state index contributed by atoms with van der Waals surface area (Å²) in [5.41, 5.74) is -0.804. The largest absolute Gasteiger partial charge is 0.465 e. The first kappa shape index (κ1) is 15.2. The summed E-state index contributed by atoms with van der Waals surface area (Å²) in [6, 6.07) is 0. The maximum absolute atomic E-state index is 12.2. The zero-order valence-corrected chi connectivity index (χ0v) is 11.8. The van der Waals surface area contributed by atoms with Gasteiger partial charge < -0.3 is 4.74 Å². The molecular formula is C15H26O3. The minimum absolute atomic E-state index is 0.115. The molecule has 0 bridgehead atoms. The number of carbonyl (C=O) groups excluding carboxylic acids is 2. The summed E-state index contributed by atoms with van der Waals surface area (Å²) in [6.45, 7) is 4.33. The van der Waals surface area contributed by atoms with Crippen LogP contribution >= 0.6 is 0 Å². The van der Waals surface area contributed by atoms with Gasteiger partial charge in [0.15, 0.2) is 0 Å². The molecule has 3 nitrogen and oxygen atoms in total. The zero-order chi connectivity index (χ0) is 13.4. The average Bonchev–Trinajstić information content (AvgIpc) is 2.37. The Bertz CT molecular complexity index is 285. The predicted molar refractivity (Wildman–Crippen MR) is 71.3 cm³/mol. The fraction of sp³-hybridized carbons (Fsp3) is 0.867. The van der Waals surface area contributed by atoms with Gasteiger partial charge in [0.1, 0.15) is 11.2 Å². The number of ketones is 1. The van der Waals surface area contributed by atoms with E-state index in [0.717, 1.165) is 25.7 Å². The van der Waals surface area contributed by atoms with E-state index < -0.39 is 5.41 Å². The molecule has 0 heterocycles. The molecule has 0 saturated heterocycles. The first-order valence-corrected chi connectivity index (χ1v) is 7.38. The molecule has 0 aromatic carbocycles. The summed E-state index contributed by atoms with van der Waals surface area (Å²) in [5.74, 6) is -0.158. The molecule has 0 N–H and O–H groups in total. The minimum Gasteiger partial charge on any atom is -0.465 e. The topological polar surface area (TPSA) is 43.4 Å². The molecule has 0 spiro atoms. The molecular weight excluding hydrogens is 228 g/mol. The van der Waals surface area contributed by atoms with Gasteiger partial charge in [0.25, 0.3) is 0 Å². The van der Waals surface area contributed by atoms with E-state index in [1.54, 1.807) is 6.92 Å². The van der Waals surface area contributed by atoms with E-state index >= 15 is 0 Å². The predicted octanol–water partition coefficient (Wildman–Crippen LogP) is 3.65. The van der Waals surface area contributed by atoms with Crippen LogP contribution in [0.25, 0.3) is 0 Å². The minimum atomic E-state index is -0.804. The van der Waals surface area contributed by atoms with Crippen molar-refractivity contribution >= 4 is 11.8 Å². The summed E-state index contributed by atoms with van der Waals surface area (Å²) < 4.78 is 5.15. The number of esters is 1. The van der Waals surface area contributed by atoms with Crippen LogP contribution in [0.2, 0.25) is 0 Å². The normalized spacial score (nSPS) is 24.0. The van der Waals surface area contributed by atoms with Crippen molar-refractivity contribution in [3.63, 3.8) is 0 Å². The number of hydrogen-bond acceptors (Lipinski definition) is 3. The second-order valence-electron chi connectivity index (χ2n) is 5.24. The number of unbranched alkanes of at least 4 members (excludes halogenated alkanes) is 3. The average molecular weight is 254 g/mol. The lowest BCUT2D eigenvalue weighted by atomic mass is 9.70. The Hall–Kier alpha value is -0.860. The molecule has 0 aromatic heterocycles. The zero-order valence-electron chi connectivity index (χ0n) is 11.8. The highest BCUT2D eigenvalue weighted by atomic mass is 16.5. The van der Waals surface area contributed by atoms with Crippen molar-refractivity contribution in [2.75, 3.05) is 6.61 Å². The van der Waals surface area contributed by atoms with Crippen LogP contribution in [-0.4, -0.2) is 18.4 Å². The van der Waals surface area contributed by atoms with Crippen molar-refractivity contribution in [1.29, 1.82) is 0 Å². The van der Waals surface area contributed by atoms with E-state index in [4.69, 9.17) is 4.74 Å². The van der Waals surface area contributed by atoms with Crippen LogP contribution in [0.4, 0.5) is 0 Å². The molecule has 1 aliphatic carbocycles. The molecule has 1 aliphatic rings. The third kappa shape index (κ3) is 3.56. The summed E-state index contributed by atoms with van der Waals surface area (Å²) >= 11 is 0. The fourth-order valence-corrected chi connectivity index (χ4v) is 2.80. The van der Waals surface area contributed by atoms with Crippen molar-refractivity contribution in [3.8, 4) is 0 Å². The van der Waals surface area contributed by atoms with Gasteiger partial charge in [-0.2, -0.15) is 0 Å². The van der Waals surface area contributed by atoms with E-state index in [0.29, 0.717) is 25.9 Å². The van der Waals surface area contributed by atoms with Crippen molar-refractivity contribution in [1.82, 2.24) is 0 Å². The van der Waals surface area contributed by atoms with Gasteiger partial charge in [-0.05, 0) is 26.2 Å². The highest BCUT2D eigenvalue weighted by Crippen LogP contribution is 2.39. The summed E-state index contributed by atoms with van der Waals surface area (Å²) in [7, 11) is 0. The van der Waals surface area contributed by atoms with Gasteiger partial charge >= 0.3 is 5.97 Å². The first-order valence-electron chi connectivity index (χ1n) is 7.38.